The molecule has 1 aliphatic heterocycles. The number of aromatic nitrogens is 4. The van der Waals surface area contributed by atoms with Crippen molar-refractivity contribution in [3.8, 4) is 17.3 Å². The van der Waals surface area contributed by atoms with Crippen LogP contribution in [0.2, 0.25) is 0 Å². The van der Waals surface area contributed by atoms with Gasteiger partial charge in [0.15, 0.2) is 11.5 Å². The second-order valence-electron chi connectivity index (χ2n) is 9.08. The summed E-state index contributed by atoms with van der Waals surface area (Å²) in [4.78, 5) is 6.13. The van der Waals surface area contributed by atoms with Gasteiger partial charge in [-0.3, -0.25) is 9.30 Å². The molecule has 0 saturated carbocycles. The molecular weight excluding hydrogens is 473 g/mol. The van der Waals surface area contributed by atoms with Crippen LogP contribution in [0.25, 0.3) is 28.1 Å². The lowest BCUT2D eigenvalue weighted by Crippen LogP contribution is -2.38. The molecule has 0 spiro atoms. The monoisotopic (exact) mass is 500 g/mol. The Bertz CT molecular complexity index is 1380. The minimum Gasteiger partial charge on any atom is -0.489 e. The van der Waals surface area contributed by atoms with E-state index in [1.807, 2.05) is 31.2 Å². The number of pyridine rings is 2. The molecule has 5 rings (SSSR count). The van der Waals surface area contributed by atoms with Crippen LogP contribution < -0.4 is 10.5 Å². The molecule has 3 aromatic heterocycles. The molecule has 1 aromatic carbocycles. The van der Waals surface area contributed by atoms with Gasteiger partial charge in [0.05, 0.1) is 6.10 Å². The van der Waals surface area contributed by atoms with Crippen molar-refractivity contribution in [2.75, 3.05) is 26.8 Å². The van der Waals surface area contributed by atoms with Crippen molar-refractivity contribution >= 4 is 16.6 Å². The number of methoxy groups -OCH3 is 1. The number of hydrogen-bond donors (Lipinski definition) is 1. The lowest BCUT2D eigenvalue weighted by molar-refractivity contribution is -0.183. The van der Waals surface area contributed by atoms with Gasteiger partial charge in [-0.25, -0.2) is 4.98 Å². The SMILES string of the molecule is COC(C)COc1cccc2ccc(-c3nnc4ccc(C(N5CCC(N)C5)C(F)(F)F)cn34)nc12. The number of likely N-dealkylation sites (tertiary alicyclic amines) is 1. The summed E-state index contributed by atoms with van der Waals surface area (Å²) in [6.07, 6.45) is -2.59. The Kier molecular flexibility index (Phi) is 6.54. The zero-order valence-corrected chi connectivity index (χ0v) is 19.9. The van der Waals surface area contributed by atoms with Gasteiger partial charge >= 0.3 is 6.18 Å². The molecule has 4 aromatic rings. The maximum atomic E-state index is 14.1. The first-order valence-electron chi connectivity index (χ1n) is 11.7. The largest absolute Gasteiger partial charge is 0.489 e. The molecule has 1 aliphatic rings. The predicted molar refractivity (Wildman–Crippen MR) is 129 cm³/mol. The Morgan fingerprint density at radius 2 is 1.97 bits per heavy atom. The first-order chi connectivity index (χ1) is 17.2. The van der Waals surface area contributed by atoms with Gasteiger partial charge in [0.25, 0.3) is 0 Å². The van der Waals surface area contributed by atoms with Crippen molar-refractivity contribution in [3.63, 3.8) is 0 Å². The molecule has 1 fully saturated rings. The fourth-order valence-electron chi connectivity index (χ4n) is 4.54. The fourth-order valence-corrected chi connectivity index (χ4v) is 4.54. The summed E-state index contributed by atoms with van der Waals surface area (Å²) in [6.45, 7) is 2.72. The number of ether oxygens (including phenoxy) is 2. The van der Waals surface area contributed by atoms with Crippen molar-refractivity contribution in [1.29, 1.82) is 0 Å². The molecule has 1 saturated heterocycles. The van der Waals surface area contributed by atoms with E-state index in [1.54, 1.807) is 23.6 Å². The van der Waals surface area contributed by atoms with Crippen LogP contribution in [0, 0.1) is 0 Å². The summed E-state index contributed by atoms with van der Waals surface area (Å²) >= 11 is 0. The number of hydrogen-bond acceptors (Lipinski definition) is 7. The van der Waals surface area contributed by atoms with Crippen LogP contribution in [0.5, 0.6) is 5.75 Å². The Hall–Kier alpha value is -3.28. The van der Waals surface area contributed by atoms with Crippen LogP contribution in [0.15, 0.2) is 48.7 Å². The van der Waals surface area contributed by atoms with Gasteiger partial charge in [-0.1, -0.05) is 24.3 Å². The Balaban J connectivity index is 1.55. The summed E-state index contributed by atoms with van der Waals surface area (Å²) in [5.41, 5.74) is 7.51. The highest BCUT2D eigenvalue weighted by molar-refractivity contribution is 5.86. The van der Waals surface area contributed by atoms with E-state index >= 15 is 0 Å². The van der Waals surface area contributed by atoms with Gasteiger partial charge in [0.2, 0.25) is 0 Å². The van der Waals surface area contributed by atoms with Crippen LogP contribution in [-0.4, -0.2) is 69.6 Å². The Labute approximate surface area is 205 Å². The quantitative estimate of drug-likeness (QED) is 0.410. The van der Waals surface area contributed by atoms with Gasteiger partial charge in [-0.2, -0.15) is 13.2 Å². The van der Waals surface area contributed by atoms with E-state index < -0.39 is 12.2 Å². The Morgan fingerprint density at radius 3 is 2.69 bits per heavy atom. The Morgan fingerprint density at radius 1 is 1.14 bits per heavy atom. The number of nitrogens with two attached hydrogens (primary N) is 1. The lowest BCUT2D eigenvalue weighted by Gasteiger charge is -2.30. The molecule has 0 amide bonds. The number of halogens is 3. The van der Waals surface area contributed by atoms with Crippen molar-refractivity contribution in [2.24, 2.45) is 5.73 Å². The van der Waals surface area contributed by atoms with Crippen molar-refractivity contribution in [2.45, 2.75) is 37.7 Å². The van der Waals surface area contributed by atoms with Gasteiger partial charge in [0.1, 0.15) is 29.6 Å². The van der Waals surface area contributed by atoms with E-state index in [-0.39, 0.29) is 30.8 Å². The molecule has 190 valence electrons. The van der Waals surface area contributed by atoms with Gasteiger partial charge in [-0.05, 0) is 37.1 Å². The third kappa shape index (κ3) is 4.73. The minimum absolute atomic E-state index is 0.100. The molecule has 36 heavy (non-hydrogen) atoms. The zero-order valence-electron chi connectivity index (χ0n) is 19.9. The molecule has 3 atom stereocenters. The highest BCUT2D eigenvalue weighted by Crippen LogP contribution is 2.39. The standard InChI is InChI=1S/C25H27F3N6O2/c1-15(35-2)14-36-20-5-3-4-16-6-8-19(30-22(16)20)24-32-31-21-9-7-17(12-34(21)24)23(25(26,27)28)33-11-10-18(29)13-33/h3-9,12,15,18,23H,10-11,13-14,29H2,1-2H3. The molecule has 3 unspecified atom stereocenters. The normalized spacial score (nSPS) is 18.7. The number of rotatable bonds is 7. The summed E-state index contributed by atoms with van der Waals surface area (Å²) in [6, 6.07) is 10.2. The lowest BCUT2D eigenvalue weighted by atomic mass is 10.1. The first-order valence-corrected chi connectivity index (χ1v) is 11.7. The van der Waals surface area contributed by atoms with Crippen LogP contribution in [0.3, 0.4) is 0 Å². The molecular formula is C25H27F3N6O2. The third-order valence-corrected chi connectivity index (χ3v) is 6.46. The molecule has 0 radical (unpaired) electrons. The summed E-state index contributed by atoms with van der Waals surface area (Å²) in [7, 11) is 1.61. The third-order valence-electron chi connectivity index (χ3n) is 6.46. The first kappa shape index (κ1) is 24.4. The zero-order chi connectivity index (χ0) is 25.4. The van der Waals surface area contributed by atoms with Gasteiger partial charge in [-0.15, -0.1) is 10.2 Å². The van der Waals surface area contributed by atoms with E-state index in [2.05, 4.69) is 10.2 Å². The van der Waals surface area contributed by atoms with Crippen LogP contribution in [-0.2, 0) is 4.74 Å². The molecule has 8 nitrogen and oxygen atoms in total. The number of nitrogens with zero attached hydrogens (tertiary/aromatic N) is 5. The molecule has 0 bridgehead atoms. The van der Waals surface area contributed by atoms with Crippen molar-refractivity contribution in [3.05, 3.63) is 54.2 Å². The van der Waals surface area contributed by atoms with E-state index in [0.717, 1.165) is 5.39 Å². The average Bonchev–Trinajstić information content (AvgIpc) is 3.47. The van der Waals surface area contributed by atoms with Crippen LogP contribution >= 0.6 is 0 Å². The average molecular weight is 501 g/mol. The summed E-state index contributed by atoms with van der Waals surface area (Å²) < 4.78 is 55.2. The molecule has 2 N–H and O–H groups in total. The van der Waals surface area contributed by atoms with E-state index in [1.165, 1.54) is 17.2 Å². The molecule has 11 heteroatoms. The highest BCUT2D eigenvalue weighted by Gasteiger charge is 2.46. The van der Waals surface area contributed by atoms with Crippen molar-refractivity contribution < 1.29 is 22.6 Å². The van der Waals surface area contributed by atoms with E-state index in [4.69, 9.17) is 20.2 Å². The smallest absolute Gasteiger partial charge is 0.408 e. The van der Waals surface area contributed by atoms with E-state index in [9.17, 15) is 13.2 Å². The number of fused-ring (bicyclic) bond motifs is 2. The highest BCUT2D eigenvalue weighted by atomic mass is 19.4. The summed E-state index contributed by atoms with van der Waals surface area (Å²) in [5, 5.41) is 9.25. The molecule has 0 aliphatic carbocycles. The minimum atomic E-state index is -4.46. The summed E-state index contributed by atoms with van der Waals surface area (Å²) in [5.74, 6) is 0.920. The number of alkyl halides is 3. The number of benzene rings is 1. The maximum Gasteiger partial charge on any atom is 0.408 e. The van der Waals surface area contributed by atoms with Crippen LogP contribution in [0.4, 0.5) is 13.2 Å². The number of para-hydroxylation sites is 1. The topological polar surface area (TPSA) is 90.8 Å². The second kappa shape index (κ2) is 9.64. The predicted octanol–water partition coefficient (Wildman–Crippen LogP) is 3.99. The second-order valence-corrected chi connectivity index (χ2v) is 9.08. The van der Waals surface area contributed by atoms with Crippen LogP contribution in [0.1, 0.15) is 24.9 Å². The fraction of sp³-hybridized carbons (Fsp3) is 0.400. The van der Waals surface area contributed by atoms with Gasteiger partial charge in [0, 0.05) is 37.8 Å². The molecule has 4 heterocycles. The van der Waals surface area contributed by atoms with E-state index in [0.29, 0.717) is 41.5 Å². The van der Waals surface area contributed by atoms with Gasteiger partial charge < -0.3 is 15.2 Å². The van der Waals surface area contributed by atoms with Crippen molar-refractivity contribution in [1.82, 2.24) is 24.5 Å². The maximum absolute atomic E-state index is 14.1.